The van der Waals surface area contributed by atoms with Crippen LogP contribution in [0.5, 0.6) is 5.75 Å². The number of hydrogen-bond acceptors (Lipinski definition) is 2. The lowest BCUT2D eigenvalue weighted by molar-refractivity contribution is -0.104. The van der Waals surface area contributed by atoms with Gasteiger partial charge in [-0.1, -0.05) is 37.4 Å². The van der Waals surface area contributed by atoms with Crippen LogP contribution in [0.1, 0.15) is 5.56 Å². The van der Waals surface area contributed by atoms with Crippen LogP contribution in [0.15, 0.2) is 43.0 Å². The fourth-order valence-corrected chi connectivity index (χ4v) is 3.46. The van der Waals surface area contributed by atoms with Crippen LogP contribution in [0.4, 0.5) is 0 Å². The van der Waals surface area contributed by atoms with Crippen LogP contribution in [-0.2, 0) is 4.79 Å². The van der Waals surface area contributed by atoms with Gasteiger partial charge in [-0.25, -0.2) is 0 Å². The Morgan fingerprint density at radius 1 is 1.32 bits per heavy atom. The van der Waals surface area contributed by atoms with E-state index in [2.05, 4.69) is 19.7 Å². The second-order valence-electron chi connectivity index (χ2n) is 5.29. The highest BCUT2D eigenvalue weighted by molar-refractivity contribution is 6.77. The van der Waals surface area contributed by atoms with Crippen molar-refractivity contribution in [3.8, 4) is 5.75 Å². The molecule has 0 bridgehead atoms. The van der Waals surface area contributed by atoms with Crippen LogP contribution in [0.25, 0.3) is 6.08 Å². The summed E-state index contributed by atoms with van der Waals surface area (Å²) in [7, 11) is -1.22. The lowest BCUT2D eigenvalue weighted by Crippen LogP contribution is -2.26. The molecular formula is C16H22O2Si. The SMILES string of the molecule is C=CC[Si](C)(C)CCOc1ccccc1C=CC=O. The van der Waals surface area contributed by atoms with Crippen molar-refractivity contribution in [2.75, 3.05) is 6.61 Å². The Bertz CT molecular complexity index is 450. The number of carbonyl (C=O) groups is 1. The molecule has 0 unspecified atom stereocenters. The first-order valence-electron chi connectivity index (χ1n) is 6.53. The van der Waals surface area contributed by atoms with Gasteiger partial charge in [-0.05, 0) is 30.3 Å². The number of benzene rings is 1. The van der Waals surface area contributed by atoms with Crippen LogP contribution in [0.3, 0.4) is 0 Å². The van der Waals surface area contributed by atoms with E-state index in [4.69, 9.17) is 4.74 Å². The maximum atomic E-state index is 10.4. The van der Waals surface area contributed by atoms with Crippen molar-refractivity contribution in [3.05, 3.63) is 48.6 Å². The Hall–Kier alpha value is -1.61. The first-order valence-corrected chi connectivity index (χ1v) is 9.95. The highest BCUT2D eigenvalue weighted by Crippen LogP contribution is 2.21. The molecule has 0 aliphatic heterocycles. The Morgan fingerprint density at radius 3 is 2.74 bits per heavy atom. The van der Waals surface area contributed by atoms with Crippen molar-refractivity contribution >= 4 is 20.4 Å². The molecule has 19 heavy (non-hydrogen) atoms. The molecule has 0 saturated carbocycles. The molecule has 0 radical (unpaired) electrons. The Kier molecular flexibility index (Phi) is 6.29. The van der Waals surface area contributed by atoms with Gasteiger partial charge in [0.05, 0.1) is 14.7 Å². The average molecular weight is 274 g/mol. The molecule has 1 aromatic carbocycles. The fraction of sp³-hybridized carbons (Fsp3) is 0.312. The minimum Gasteiger partial charge on any atom is -0.493 e. The third-order valence-electron chi connectivity index (χ3n) is 3.01. The predicted octanol–water partition coefficient (Wildman–Crippen LogP) is 4.17. The molecule has 0 atom stereocenters. The van der Waals surface area contributed by atoms with E-state index in [1.165, 1.54) is 6.08 Å². The lowest BCUT2D eigenvalue weighted by Gasteiger charge is -2.20. The maximum absolute atomic E-state index is 10.4. The number of carbonyl (C=O) groups excluding carboxylic acids is 1. The van der Waals surface area contributed by atoms with Crippen molar-refractivity contribution in [2.24, 2.45) is 0 Å². The zero-order valence-electron chi connectivity index (χ0n) is 11.8. The molecular weight excluding hydrogens is 252 g/mol. The normalized spacial score (nSPS) is 11.5. The highest BCUT2D eigenvalue weighted by Gasteiger charge is 2.18. The van der Waals surface area contributed by atoms with Gasteiger partial charge in [-0.2, -0.15) is 0 Å². The van der Waals surface area contributed by atoms with E-state index in [1.807, 2.05) is 30.3 Å². The number of hydrogen-bond donors (Lipinski definition) is 0. The summed E-state index contributed by atoms with van der Waals surface area (Å²) in [5, 5.41) is 0. The van der Waals surface area contributed by atoms with Gasteiger partial charge in [0, 0.05) is 5.56 Å². The first-order chi connectivity index (χ1) is 9.09. The Labute approximate surface area is 116 Å². The van der Waals surface area contributed by atoms with Crippen molar-refractivity contribution in [1.82, 2.24) is 0 Å². The summed E-state index contributed by atoms with van der Waals surface area (Å²) in [6, 6.07) is 9.98. The summed E-state index contributed by atoms with van der Waals surface area (Å²) in [5.41, 5.74) is 0.942. The van der Waals surface area contributed by atoms with E-state index < -0.39 is 8.07 Å². The number of para-hydroxylation sites is 1. The number of ether oxygens (including phenoxy) is 1. The molecule has 0 fully saturated rings. The molecule has 0 heterocycles. The van der Waals surface area contributed by atoms with Crippen LogP contribution in [-0.4, -0.2) is 21.0 Å². The monoisotopic (exact) mass is 274 g/mol. The number of allylic oxidation sites excluding steroid dienone is 2. The molecule has 1 aromatic rings. The van der Waals surface area contributed by atoms with Gasteiger partial charge in [0.2, 0.25) is 0 Å². The summed E-state index contributed by atoms with van der Waals surface area (Å²) in [6.45, 7) is 9.22. The molecule has 0 saturated heterocycles. The van der Waals surface area contributed by atoms with Gasteiger partial charge in [0.15, 0.2) is 0 Å². The van der Waals surface area contributed by atoms with Crippen molar-refractivity contribution in [1.29, 1.82) is 0 Å². The van der Waals surface area contributed by atoms with Crippen LogP contribution in [0.2, 0.25) is 25.2 Å². The minimum absolute atomic E-state index is 0.721. The first kappa shape index (κ1) is 15.4. The van der Waals surface area contributed by atoms with Gasteiger partial charge in [-0.3, -0.25) is 4.79 Å². The highest BCUT2D eigenvalue weighted by atomic mass is 28.3. The van der Waals surface area contributed by atoms with E-state index in [-0.39, 0.29) is 0 Å². The van der Waals surface area contributed by atoms with Gasteiger partial charge < -0.3 is 4.74 Å². The number of aldehydes is 1. The molecule has 1 rings (SSSR count). The van der Waals surface area contributed by atoms with Gasteiger partial charge >= 0.3 is 0 Å². The predicted molar refractivity (Wildman–Crippen MR) is 84.3 cm³/mol. The van der Waals surface area contributed by atoms with E-state index in [0.717, 1.165) is 36.3 Å². The average Bonchev–Trinajstić information content (AvgIpc) is 2.37. The molecule has 3 heteroatoms. The quantitative estimate of drug-likeness (QED) is 0.308. The maximum Gasteiger partial charge on any atom is 0.142 e. The molecule has 0 aliphatic rings. The van der Waals surface area contributed by atoms with E-state index >= 15 is 0 Å². The van der Waals surface area contributed by atoms with E-state index in [0.29, 0.717) is 0 Å². The molecule has 0 aromatic heterocycles. The van der Waals surface area contributed by atoms with Gasteiger partial charge in [0.25, 0.3) is 0 Å². The fourth-order valence-electron chi connectivity index (χ4n) is 1.82. The second kappa shape index (κ2) is 7.74. The summed E-state index contributed by atoms with van der Waals surface area (Å²) in [4.78, 5) is 10.4. The second-order valence-corrected chi connectivity index (χ2v) is 10.5. The van der Waals surface area contributed by atoms with Crippen molar-refractivity contribution < 1.29 is 9.53 Å². The lowest BCUT2D eigenvalue weighted by atomic mass is 10.2. The summed E-state index contributed by atoms with van der Waals surface area (Å²) >= 11 is 0. The molecule has 0 N–H and O–H groups in total. The van der Waals surface area contributed by atoms with Crippen molar-refractivity contribution in [2.45, 2.75) is 25.2 Å². The molecule has 2 nitrogen and oxygen atoms in total. The van der Waals surface area contributed by atoms with Gasteiger partial charge in [0.1, 0.15) is 12.0 Å². The van der Waals surface area contributed by atoms with Crippen molar-refractivity contribution in [3.63, 3.8) is 0 Å². The minimum atomic E-state index is -1.22. The molecule has 0 spiro atoms. The largest absolute Gasteiger partial charge is 0.493 e. The summed E-state index contributed by atoms with van der Waals surface area (Å²) in [5.74, 6) is 0.837. The standard InChI is InChI=1S/C16H22O2Si/c1-4-13-19(2,3)14-12-18-16-10-6-5-8-15(16)9-7-11-17/h4-11H,1,12-14H2,2-3H3. The molecule has 0 amide bonds. The zero-order valence-corrected chi connectivity index (χ0v) is 12.8. The number of rotatable bonds is 8. The third kappa shape index (κ3) is 5.70. The van der Waals surface area contributed by atoms with Crippen LogP contribution >= 0.6 is 0 Å². The van der Waals surface area contributed by atoms with E-state index in [9.17, 15) is 4.79 Å². The summed E-state index contributed by atoms with van der Waals surface area (Å²) in [6.07, 6.45) is 6.04. The smallest absolute Gasteiger partial charge is 0.142 e. The van der Waals surface area contributed by atoms with E-state index in [1.54, 1.807) is 6.08 Å². The third-order valence-corrected chi connectivity index (χ3v) is 5.96. The topological polar surface area (TPSA) is 26.3 Å². The Morgan fingerprint density at radius 2 is 2.05 bits per heavy atom. The molecule has 102 valence electrons. The van der Waals surface area contributed by atoms with Gasteiger partial charge in [-0.15, -0.1) is 6.58 Å². The molecule has 0 aliphatic carbocycles. The summed E-state index contributed by atoms with van der Waals surface area (Å²) < 4.78 is 5.85. The van der Waals surface area contributed by atoms with Crippen LogP contribution in [0, 0.1) is 0 Å². The van der Waals surface area contributed by atoms with Crippen LogP contribution < -0.4 is 4.74 Å². The zero-order chi connectivity index (χ0) is 14.1. The Balaban J connectivity index is 2.60.